The summed E-state index contributed by atoms with van der Waals surface area (Å²) in [6.07, 6.45) is 0.773. The smallest absolute Gasteiger partial charge is 0.258 e. The number of ether oxygens (including phenoxy) is 1. The van der Waals surface area contributed by atoms with Crippen molar-refractivity contribution in [3.8, 4) is 5.75 Å². The van der Waals surface area contributed by atoms with Gasteiger partial charge in [0.1, 0.15) is 5.75 Å². The first-order chi connectivity index (χ1) is 13.5. The van der Waals surface area contributed by atoms with Crippen molar-refractivity contribution in [1.82, 2.24) is 10.6 Å². The van der Waals surface area contributed by atoms with Gasteiger partial charge in [0.05, 0.1) is 4.90 Å². The van der Waals surface area contributed by atoms with E-state index in [0.717, 1.165) is 24.1 Å². The van der Waals surface area contributed by atoms with E-state index in [1.54, 1.807) is 12.1 Å². The molecule has 0 heterocycles. The average molecular weight is 456 g/mol. The predicted octanol–water partition coefficient (Wildman–Crippen LogP) is 2.38. The zero-order chi connectivity index (χ0) is 21.5. The lowest BCUT2D eigenvalue weighted by Crippen LogP contribution is -2.43. The van der Waals surface area contributed by atoms with Crippen LogP contribution in [0.5, 0.6) is 5.75 Å². The Bertz CT molecular complexity index is 909. The molecule has 2 rings (SSSR count). The van der Waals surface area contributed by atoms with E-state index < -0.39 is 10.0 Å². The Kier molecular flexibility index (Phi) is 9.77. The highest BCUT2D eigenvalue weighted by atomic mass is 35.5. The van der Waals surface area contributed by atoms with E-state index in [1.165, 1.54) is 12.1 Å². The third-order valence-corrected chi connectivity index (χ3v) is 4.91. The molecule has 9 heteroatoms. The highest BCUT2D eigenvalue weighted by Gasteiger charge is 2.13. The Morgan fingerprint density at radius 2 is 1.57 bits per heavy atom. The third kappa shape index (κ3) is 9.58. The van der Waals surface area contributed by atoms with Crippen LogP contribution >= 0.6 is 12.4 Å². The van der Waals surface area contributed by atoms with Crippen LogP contribution in [0.25, 0.3) is 0 Å². The van der Waals surface area contributed by atoms with Gasteiger partial charge in [0.25, 0.3) is 5.91 Å². The zero-order valence-electron chi connectivity index (χ0n) is 17.5. The van der Waals surface area contributed by atoms with Gasteiger partial charge >= 0.3 is 0 Å². The second-order valence-corrected chi connectivity index (χ2v) is 9.41. The Balaban J connectivity index is 0.00000450. The SMILES string of the molecule is CC(C)(C)NC(=O)COc1ccc(CNCCc2ccc(S(N)(=O)=O)cc2)cc1.Cl. The lowest BCUT2D eigenvalue weighted by atomic mass is 10.1. The molecule has 0 aliphatic rings. The average Bonchev–Trinajstić information content (AvgIpc) is 2.63. The van der Waals surface area contributed by atoms with Crippen molar-refractivity contribution in [3.05, 3.63) is 59.7 Å². The van der Waals surface area contributed by atoms with E-state index >= 15 is 0 Å². The number of hydrogen-bond acceptors (Lipinski definition) is 5. The number of nitrogens with two attached hydrogens (primary N) is 1. The van der Waals surface area contributed by atoms with E-state index in [1.807, 2.05) is 45.0 Å². The maximum absolute atomic E-state index is 11.8. The summed E-state index contributed by atoms with van der Waals surface area (Å²) in [4.78, 5) is 11.9. The lowest BCUT2D eigenvalue weighted by molar-refractivity contribution is -0.124. The normalized spacial score (nSPS) is 11.5. The maximum atomic E-state index is 11.8. The number of benzene rings is 2. The molecule has 0 aromatic heterocycles. The van der Waals surface area contributed by atoms with Crippen molar-refractivity contribution in [3.63, 3.8) is 0 Å². The quantitative estimate of drug-likeness (QED) is 0.503. The topological polar surface area (TPSA) is 111 Å². The van der Waals surface area contributed by atoms with Gasteiger partial charge in [-0.25, -0.2) is 13.6 Å². The molecule has 0 atom stereocenters. The summed E-state index contributed by atoms with van der Waals surface area (Å²) >= 11 is 0. The van der Waals surface area contributed by atoms with Crippen molar-refractivity contribution in [1.29, 1.82) is 0 Å². The van der Waals surface area contributed by atoms with Gasteiger partial charge in [0, 0.05) is 12.1 Å². The molecule has 0 spiro atoms. The summed E-state index contributed by atoms with van der Waals surface area (Å²) in [5, 5.41) is 11.3. The van der Waals surface area contributed by atoms with Crippen molar-refractivity contribution >= 4 is 28.3 Å². The van der Waals surface area contributed by atoms with Crippen LogP contribution < -0.4 is 20.5 Å². The first-order valence-corrected chi connectivity index (χ1v) is 10.9. The van der Waals surface area contributed by atoms with E-state index in [0.29, 0.717) is 12.3 Å². The summed E-state index contributed by atoms with van der Waals surface area (Å²) in [7, 11) is -3.65. The van der Waals surface area contributed by atoms with Gasteiger partial charge in [-0.2, -0.15) is 0 Å². The number of carbonyl (C=O) groups is 1. The standard InChI is InChI=1S/C21H29N3O4S.ClH/c1-21(2,3)24-20(25)15-28-18-8-4-17(5-9-18)14-23-13-12-16-6-10-19(11-7-16)29(22,26)27;/h4-11,23H,12-15H2,1-3H3,(H,24,25)(H2,22,26,27);1H. The Labute approximate surface area is 184 Å². The largest absolute Gasteiger partial charge is 0.484 e. The predicted molar refractivity (Wildman–Crippen MR) is 120 cm³/mol. The van der Waals surface area contributed by atoms with Crippen LogP contribution in [0, 0.1) is 0 Å². The fraction of sp³-hybridized carbons (Fsp3) is 0.381. The molecular formula is C21H30ClN3O4S. The molecule has 2 aromatic rings. The van der Waals surface area contributed by atoms with E-state index in [-0.39, 0.29) is 35.4 Å². The molecule has 0 aliphatic heterocycles. The summed E-state index contributed by atoms with van der Waals surface area (Å²) in [6, 6.07) is 14.2. The van der Waals surface area contributed by atoms with Crippen LogP contribution in [0.4, 0.5) is 0 Å². The Morgan fingerprint density at radius 1 is 1.00 bits per heavy atom. The highest BCUT2D eigenvalue weighted by Crippen LogP contribution is 2.13. The number of hydrogen-bond donors (Lipinski definition) is 3. The second-order valence-electron chi connectivity index (χ2n) is 7.85. The minimum Gasteiger partial charge on any atom is -0.484 e. The van der Waals surface area contributed by atoms with E-state index in [2.05, 4.69) is 10.6 Å². The molecule has 1 amide bonds. The van der Waals surface area contributed by atoms with Crippen molar-refractivity contribution < 1.29 is 17.9 Å². The third-order valence-electron chi connectivity index (χ3n) is 3.98. The number of nitrogens with one attached hydrogen (secondary N) is 2. The van der Waals surface area contributed by atoms with Gasteiger partial charge in [-0.1, -0.05) is 24.3 Å². The number of amides is 1. The van der Waals surface area contributed by atoms with Crippen molar-refractivity contribution in [2.75, 3.05) is 13.2 Å². The molecule has 0 unspecified atom stereocenters. The number of carbonyl (C=O) groups excluding carboxylic acids is 1. The summed E-state index contributed by atoms with van der Waals surface area (Å²) in [5.41, 5.74) is 1.85. The number of rotatable bonds is 9. The Morgan fingerprint density at radius 3 is 2.10 bits per heavy atom. The maximum Gasteiger partial charge on any atom is 0.258 e. The van der Waals surface area contributed by atoms with Crippen LogP contribution in [0.1, 0.15) is 31.9 Å². The van der Waals surface area contributed by atoms with Crippen molar-refractivity contribution in [2.45, 2.75) is 44.2 Å². The fourth-order valence-electron chi connectivity index (χ4n) is 2.62. The second kappa shape index (κ2) is 11.3. The van der Waals surface area contributed by atoms with Gasteiger partial charge in [-0.15, -0.1) is 12.4 Å². The fourth-order valence-corrected chi connectivity index (χ4v) is 3.13. The molecule has 166 valence electrons. The lowest BCUT2D eigenvalue weighted by Gasteiger charge is -2.20. The molecule has 0 bridgehead atoms. The van der Waals surface area contributed by atoms with E-state index in [9.17, 15) is 13.2 Å². The zero-order valence-corrected chi connectivity index (χ0v) is 19.1. The van der Waals surface area contributed by atoms with Gasteiger partial charge in [-0.3, -0.25) is 4.79 Å². The Hall–Kier alpha value is -2.13. The van der Waals surface area contributed by atoms with Crippen LogP contribution in [-0.4, -0.2) is 33.0 Å². The molecule has 0 saturated heterocycles. The minimum absolute atomic E-state index is 0. The molecule has 2 aromatic carbocycles. The van der Waals surface area contributed by atoms with Crippen LogP contribution in [0.3, 0.4) is 0 Å². The van der Waals surface area contributed by atoms with Gasteiger partial charge in [-0.05, 0) is 69.1 Å². The number of halogens is 1. The van der Waals surface area contributed by atoms with Crippen molar-refractivity contribution in [2.24, 2.45) is 5.14 Å². The van der Waals surface area contributed by atoms with Gasteiger partial charge in [0.2, 0.25) is 10.0 Å². The van der Waals surface area contributed by atoms with Crippen LogP contribution in [-0.2, 0) is 27.8 Å². The first kappa shape index (κ1) is 25.9. The van der Waals surface area contributed by atoms with Gasteiger partial charge in [0.15, 0.2) is 6.61 Å². The number of primary sulfonamides is 1. The van der Waals surface area contributed by atoms with Gasteiger partial charge < -0.3 is 15.4 Å². The summed E-state index contributed by atoms with van der Waals surface area (Å²) in [6.45, 7) is 7.20. The molecule has 0 fully saturated rings. The van der Waals surface area contributed by atoms with E-state index in [4.69, 9.17) is 9.88 Å². The number of sulfonamides is 1. The van der Waals surface area contributed by atoms with Crippen LogP contribution in [0.2, 0.25) is 0 Å². The molecular weight excluding hydrogens is 426 g/mol. The molecule has 30 heavy (non-hydrogen) atoms. The monoisotopic (exact) mass is 455 g/mol. The summed E-state index contributed by atoms with van der Waals surface area (Å²) < 4.78 is 28.0. The first-order valence-electron chi connectivity index (χ1n) is 9.38. The minimum atomic E-state index is -3.65. The van der Waals surface area contributed by atoms with Crippen LogP contribution in [0.15, 0.2) is 53.4 Å². The molecule has 0 aliphatic carbocycles. The molecule has 7 nitrogen and oxygen atoms in total. The molecule has 0 radical (unpaired) electrons. The highest BCUT2D eigenvalue weighted by molar-refractivity contribution is 7.89. The molecule has 0 saturated carbocycles. The molecule has 4 N–H and O–H groups in total. The summed E-state index contributed by atoms with van der Waals surface area (Å²) in [5.74, 6) is 0.494.